The van der Waals surface area contributed by atoms with Crippen LogP contribution in [-0.4, -0.2) is 59.5 Å². The minimum Gasteiger partial charge on any atom is -0.339 e. The van der Waals surface area contributed by atoms with E-state index in [4.69, 9.17) is 0 Å². The van der Waals surface area contributed by atoms with Crippen LogP contribution in [0.25, 0.3) is 0 Å². The van der Waals surface area contributed by atoms with Gasteiger partial charge < -0.3 is 10.2 Å². The molecule has 5 heteroatoms. The normalized spacial score (nSPS) is 24.0. The third kappa shape index (κ3) is 3.80. The first-order chi connectivity index (χ1) is 10.3. The lowest BCUT2D eigenvalue weighted by Crippen LogP contribution is -2.54. The topological polar surface area (TPSA) is 48.5 Å². The Hall–Kier alpha value is -1.46. The first-order valence-corrected chi connectivity index (χ1v) is 7.96. The van der Waals surface area contributed by atoms with Crippen molar-refractivity contribution < 1.29 is 4.79 Å². The molecule has 1 amide bonds. The summed E-state index contributed by atoms with van der Waals surface area (Å²) in [6.45, 7) is 5.55. The minimum absolute atomic E-state index is 0.0606. The zero-order valence-corrected chi connectivity index (χ0v) is 12.5. The predicted octanol–water partition coefficient (Wildman–Crippen LogP) is 0.868. The summed E-state index contributed by atoms with van der Waals surface area (Å²) in [5, 5.41) is 3.36. The van der Waals surface area contributed by atoms with Crippen LogP contribution in [0.3, 0.4) is 0 Å². The quantitative estimate of drug-likeness (QED) is 0.896. The molecule has 0 bridgehead atoms. The van der Waals surface area contributed by atoms with Gasteiger partial charge in [0.05, 0.1) is 6.04 Å². The highest BCUT2D eigenvalue weighted by molar-refractivity contribution is 5.82. The van der Waals surface area contributed by atoms with Crippen molar-refractivity contribution in [3.8, 4) is 0 Å². The Bertz CT molecular complexity index is 451. The number of nitrogens with one attached hydrogen (secondary N) is 1. The predicted molar refractivity (Wildman–Crippen MR) is 81.7 cm³/mol. The molecular formula is C16H24N4O. The van der Waals surface area contributed by atoms with Crippen molar-refractivity contribution in [2.24, 2.45) is 0 Å². The number of carbonyl (C=O) groups is 1. The molecule has 0 saturated carbocycles. The minimum atomic E-state index is 0.0606. The number of hydrogen-bond acceptors (Lipinski definition) is 4. The van der Waals surface area contributed by atoms with Gasteiger partial charge in [0, 0.05) is 45.1 Å². The third-order valence-corrected chi connectivity index (χ3v) is 4.45. The standard InChI is InChI=1S/C16H24N4O/c21-16(15-3-1-2-6-18-15)20-11-9-19(10-12-20)13-14-4-7-17-8-5-14/h4-5,7-8,15,18H,1-3,6,9-13H2/t15-/m1/s1. The number of rotatable bonds is 3. The van der Waals surface area contributed by atoms with E-state index in [0.29, 0.717) is 5.91 Å². The average molecular weight is 288 g/mol. The molecular weight excluding hydrogens is 264 g/mol. The third-order valence-electron chi connectivity index (χ3n) is 4.45. The maximum absolute atomic E-state index is 12.5. The summed E-state index contributed by atoms with van der Waals surface area (Å²) in [5.74, 6) is 0.304. The molecule has 1 atom stereocenters. The highest BCUT2D eigenvalue weighted by Gasteiger charge is 2.28. The van der Waals surface area contributed by atoms with Crippen molar-refractivity contribution in [3.05, 3.63) is 30.1 Å². The Morgan fingerprint density at radius 1 is 1.19 bits per heavy atom. The van der Waals surface area contributed by atoms with Crippen LogP contribution in [0.5, 0.6) is 0 Å². The number of carbonyl (C=O) groups excluding carboxylic acids is 1. The van der Waals surface area contributed by atoms with E-state index in [9.17, 15) is 4.79 Å². The Morgan fingerprint density at radius 2 is 1.95 bits per heavy atom. The molecule has 0 aromatic carbocycles. The van der Waals surface area contributed by atoms with Gasteiger partial charge in [-0.3, -0.25) is 14.7 Å². The van der Waals surface area contributed by atoms with Gasteiger partial charge in [0.15, 0.2) is 0 Å². The van der Waals surface area contributed by atoms with Gasteiger partial charge in [-0.25, -0.2) is 0 Å². The number of hydrogen-bond donors (Lipinski definition) is 1. The maximum atomic E-state index is 12.5. The molecule has 114 valence electrons. The number of nitrogens with zero attached hydrogens (tertiary/aromatic N) is 3. The summed E-state index contributed by atoms with van der Waals surface area (Å²) >= 11 is 0. The second kappa shape index (κ2) is 7.00. The SMILES string of the molecule is O=C([C@H]1CCCCN1)N1CCN(Cc2ccncc2)CC1. The lowest BCUT2D eigenvalue weighted by Gasteiger charge is -2.37. The molecule has 5 nitrogen and oxygen atoms in total. The zero-order valence-electron chi connectivity index (χ0n) is 12.5. The van der Waals surface area contributed by atoms with E-state index in [1.54, 1.807) is 0 Å². The summed E-state index contributed by atoms with van der Waals surface area (Å²) < 4.78 is 0. The molecule has 3 rings (SSSR count). The molecule has 1 aromatic heterocycles. The van der Waals surface area contributed by atoms with Gasteiger partial charge in [0.25, 0.3) is 0 Å². The van der Waals surface area contributed by atoms with Crippen LogP contribution in [0.1, 0.15) is 24.8 Å². The Morgan fingerprint density at radius 3 is 2.62 bits per heavy atom. The number of aromatic nitrogens is 1. The number of piperazine rings is 1. The van der Waals surface area contributed by atoms with Crippen molar-refractivity contribution in [1.29, 1.82) is 0 Å². The van der Waals surface area contributed by atoms with Gasteiger partial charge in [0.2, 0.25) is 5.91 Å². The van der Waals surface area contributed by atoms with Gasteiger partial charge in [-0.1, -0.05) is 6.42 Å². The van der Waals surface area contributed by atoms with Gasteiger partial charge >= 0.3 is 0 Å². The van der Waals surface area contributed by atoms with Crippen LogP contribution >= 0.6 is 0 Å². The highest BCUT2D eigenvalue weighted by atomic mass is 16.2. The number of pyridine rings is 1. The molecule has 0 unspecified atom stereocenters. The van der Waals surface area contributed by atoms with E-state index in [-0.39, 0.29) is 6.04 Å². The Balaban J connectivity index is 1.47. The number of amides is 1. The van der Waals surface area contributed by atoms with E-state index in [1.165, 1.54) is 18.4 Å². The van der Waals surface area contributed by atoms with Crippen LogP contribution in [0, 0.1) is 0 Å². The average Bonchev–Trinajstić information content (AvgIpc) is 2.57. The Labute approximate surface area is 126 Å². The van der Waals surface area contributed by atoms with Crippen LogP contribution in [-0.2, 0) is 11.3 Å². The van der Waals surface area contributed by atoms with Crippen molar-refractivity contribution in [3.63, 3.8) is 0 Å². The second-order valence-corrected chi connectivity index (χ2v) is 5.96. The molecule has 0 radical (unpaired) electrons. The largest absolute Gasteiger partial charge is 0.339 e. The maximum Gasteiger partial charge on any atom is 0.239 e. The first kappa shape index (κ1) is 14.5. The van der Waals surface area contributed by atoms with Crippen LogP contribution in [0.4, 0.5) is 0 Å². The van der Waals surface area contributed by atoms with E-state index < -0.39 is 0 Å². The van der Waals surface area contributed by atoms with Crippen molar-refractivity contribution in [1.82, 2.24) is 20.1 Å². The van der Waals surface area contributed by atoms with E-state index in [1.807, 2.05) is 17.3 Å². The van der Waals surface area contributed by atoms with Crippen molar-refractivity contribution in [2.75, 3.05) is 32.7 Å². The number of piperidine rings is 1. The molecule has 2 aliphatic heterocycles. The van der Waals surface area contributed by atoms with E-state index in [0.717, 1.165) is 45.7 Å². The van der Waals surface area contributed by atoms with E-state index >= 15 is 0 Å². The van der Waals surface area contributed by atoms with Crippen LogP contribution in [0.15, 0.2) is 24.5 Å². The van der Waals surface area contributed by atoms with Crippen LogP contribution in [0.2, 0.25) is 0 Å². The Kier molecular flexibility index (Phi) is 4.83. The van der Waals surface area contributed by atoms with Crippen molar-refractivity contribution >= 4 is 5.91 Å². The van der Waals surface area contributed by atoms with Gasteiger partial charge in [0.1, 0.15) is 0 Å². The summed E-state index contributed by atoms with van der Waals surface area (Å²) in [4.78, 5) is 20.9. The smallest absolute Gasteiger partial charge is 0.239 e. The van der Waals surface area contributed by atoms with E-state index in [2.05, 4.69) is 27.3 Å². The molecule has 0 spiro atoms. The first-order valence-electron chi connectivity index (χ1n) is 7.96. The molecule has 21 heavy (non-hydrogen) atoms. The summed E-state index contributed by atoms with van der Waals surface area (Å²) in [5.41, 5.74) is 1.29. The summed E-state index contributed by atoms with van der Waals surface area (Å²) in [6, 6.07) is 4.18. The lowest BCUT2D eigenvalue weighted by atomic mass is 10.0. The van der Waals surface area contributed by atoms with Crippen molar-refractivity contribution in [2.45, 2.75) is 31.8 Å². The van der Waals surface area contributed by atoms with Crippen LogP contribution < -0.4 is 5.32 Å². The fourth-order valence-corrected chi connectivity index (χ4v) is 3.16. The summed E-state index contributed by atoms with van der Waals surface area (Å²) in [6.07, 6.45) is 7.04. The molecule has 2 aliphatic rings. The summed E-state index contributed by atoms with van der Waals surface area (Å²) in [7, 11) is 0. The zero-order chi connectivity index (χ0) is 14.5. The van der Waals surface area contributed by atoms with Gasteiger partial charge in [-0.2, -0.15) is 0 Å². The fourth-order valence-electron chi connectivity index (χ4n) is 3.16. The molecule has 3 heterocycles. The molecule has 1 N–H and O–H groups in total. The molecule has 0 aliphatic carbocycles. The molecule has 2 saturated heterocycles. The molecule has 1 aromatic rings. The highest BCUT2D eigenvalue weighted by Crippen LogP contribution is 2.13. The lowest BCUT2D eigenvalue weighted by molar-refractivity contribution is -0.135. The fraction of sp³-hybridized carbons (Fsp3) is 0.625. The second-order valence-electron chi connectivity index (χ2n) is 5.96. The monoisotopic (exact) mass is 288 g/mol. The van der Waals surface area contributed by atoms with Gasteiger partial charge in [-0.15, -0.1) is 0 Å². The molecule has 2 fully saturated rings. The van der Waals surface area contributed by atoms with Gasteiger partial charge in [-0.05, 0) is 37.1 Å².